The van der Waals surface area contributed by atoms with Crippen molar-refractivity contribution in [3.05, 3.63) is 120 Å². The third-order valence-corrected chi connectivity index (χ3v) is 20.4. The van der Waals surface area contributed by atoms with Gasteiger partial charge in [-0.15, -0.1) is 0 Å². The predicted molar refractivity (Wildman–Crippen MR) is 450 cm³/mol. The van der Waals surface area contributed by atoms with Crippen LogP contribution in [0.25, 0.3) is 23.1 Å². The molecule has 0 aliphatic carbocycles. The number of pyridine rings is 1. The Hall–Kier alpha value is -11.9. The van der Waals surface area contributed by atoms with Crippen LogP contribution in [-0.4, -0.2) is 268 Å². The third-order valence-electron chi connectivity index (χ3n) is 19.3. The zero-order chi connectivity index (χ0) is 89.7. The molecule has 1 aliphatic rings. The highest BCUT2D eigenvalue weighted by molar-refractivity contribution is 7.99. The topological polar surface area (TPSA) is 663 Å². The highest BCUT2D eigenvalue weighted by Gasteiger charge is 2.39. The van der Waals surface area contributed by atoms with E-state index in [9.17, 15) is 82.4 Å². The zero-order valence-corrected chi connectivity index (χ0v) is 69.6. The molecule has 1 fully saturated rings. The number of carboxylic acids is 1. The number of amides is 14. The van der Waals surface area contributed by atoms with Gasteiger partial charge in [-0.05, 0) is 164 Å². The lowest BCUT2D eigenvalue weighted by atomic mass is 10.00. The molecular weight excluding hydrogens is 1600 g/mol. The van der Waals surface area contributed by atoms with E-state index in [1.54, 1.807) is 123 Å². The lowest BCUT2D eigenvalue weighted by Gasteiger charge is -2.29. The summed E-state index contributed by atoms with van der Waals surface area (Å²) in [4.78, 5) is 218. The Morgan fingerprint density at radius 1 is 0.615 bits per heavy atom. The van der Waals surface area contributed by atoms with Crippen molar-refractivity contribution in [1.82, 2.24) is 88.8 Å². The summed E-state index contributed by atoms with van der Waals surface area (Å²) in [5, 5.41) is 69.8. The summed E-state index contributed by atoms with van der Waals surface area (Å²) < 4.78 is 1.10. The standard InChI is InChI=1S/C80H115N23O18S/c1-44(2)41-60-75(115)94-55(25-32-82)69(109)93-58(28-35-85)74(114)99-66(45(3)104)77(117)90-37-29-59(72(112)92-56(26-33-83)71(111)98-61(76(116)97-60)42-47-13-7-6-8-14-47)95-70(110)57(27-34-84)96-78(118)67(46(4)105)100-73(113)54(24-31-81)91-65(107)30-39-102(40-38-89-64(106)23-21-52(86)79(119)120)80(121)103-62-43-49(122-63-17-10-9-16-51(63)68(108)87-5)19-20-50(62)53(101-103)22-18-48-15-11-12-36-88-48/h6-20,22,36,43-46,52,54-61,66-67,104-105H,21,23-35,37-42,81-86H2,1-5H3,(H,87,108)(H,89,106)(H,90,117)(H,91,107)(H,92,112)(H,93,109)(H,94,115)(H,95,110)(H,96,118)(H,97,116)(H,98,111)(H,99,114)(H,100,113)(H,119,120)/b22-18+/t45-,46+,52-,54-,55-,56-,57?,58-,59-,60-,61+,66+,67-/m0/s1. The van der Waals surface area contributed by atoms with Crippen LogP contribution < -0.4 is 104 Å². The van der Waals surface area contributed by atoms with Crippen molar-refractivity contribution in [2.45, 2.75) is 187 Å². The molecule has 3 heterocycles. The Balaban J connectivity index is 1.27. The Morgan fingerprint density at radius 3 is 1.79 bits per heavy atom. The average Bonchev–Trinajstić information content (AvgIpc) is 1.63. The fourth-order valence-corrected chi connectivity index (χ4v) is 13.7. The Morgan fingerprint density at radius 2 is 1.20 bits per heavy atom. The predicted octanol–water partition coefficient (Wildman–Crippen LogP) is -4.76. The Labute approximate surface area is 709 Å². The molecule has 0 bridgehead atoms. The normalized spacial score (nSPS) is 19.4. The van der Waals surface area contributed by atoms with Crippen LogP contribution in [0.1, 0.15) is 119 Å². The smallest absolute Gasteiger partial charge is 0.345 e. The van der Waals surface area contributed by atoms with Gasteiger partial charge in [-0.2, -0.15) is 9.78 Å². The van der Waals surface area contributed by atoms with E-state index in [1.165, 1.54) is 30.6 Å². The van der Waals surface area contributed by atoms with Gasteiger partial charge in [0.25, 0.3) is 5.91 Å². The number of hydrogen-bond acceptors (Lipinski definition) is 26. The van der Waals surface area contributed by atoms with Gasteiger partial charge in [-0.3, -0.25) is 72.1 Å². The molecule has 2 aromatic heterocycles. The van der Waals surface area contributed by atoms with Crippen molar-refractivity contribution in [3.63, 3.8) is 0 Å². The zero-order valence-electron chi connectivity index (χ0n) is 68.7. The highest BCUT2D eigenvalue weighted by Crippen LogP contribution is 2.34. The van der Waals surface area contributed by atoms with Crippen LogP contribution in [-0.2, 0) is 68.7 Å². The van der Waals surface area contributed by atoms with E-state index in [1.807, 2.05) is 0 Å². The van der Waals surface area contributed by atoms with Gasteiger partial charge in [0.15, 0.2) is 0 Å². The monoisotopic (exact) mass is 1720 g/mol. The van der Waals surface area contributed by atoms with Crippen molar-refractivity contribution < 1.29 is 87.2 Å². The van der Waals surface area contributed by atoms with Crippen LogP contribution in [0.2, 0.25) is 0 Å². The fraction of sp³-hybridized carbons (Fsp3) is 0.487. The van der Waals surface area contributed by atoms with Crippen molar-refractivity contribution in [2.75, 3.05) is 66.0 Å². The number of carbonyl (C=O) groups excluding carboxylic acids is 14. The summed E-state index contributed by atoms with van der Waals surface area (Å²) in [5.41, 5.74) is 37.5. The molecule has 13 atom stereocenters. The van der Waals surface area contributed by atoms with Crippen molar-refractivity contribution in [1.29, 1.82) is 0 Å². The molecular formula is C80H115N23O18S. The maximum absolute atomic E-state index is 15.2. The van der Waals surface area contributed by atoms with Crippen molar-refractivity contribution in [3.8, 4) is 0 Å². The molecule has 1 aliphatic heterocycles. The Bertz CT molecular complexity index is 4440. The summed E-state index contributed by atoms with van der Waals surface area (Å²) >= 11 is 1.23. The van der Waals surface area contributed by atoms with Gasteiger partial charge < -0.3 is 124 Å². The molecule has 5 aromatic rings. The molecule has 0 saturated carbocycles. The first kappa shape index (κ1) is 98.9. The number of carbonyl (C=O) groups is 15. The van der Waals surface area contributed by atoms with Crippen LogP contribution in [0.4, 0.5) is 4.79 Å². The number of nitrogens with zero attached hydrogens (tertiary/aromatic N) is 4. The van der Waals surface area contributed by atoms with Gasteiger partial charge in [0.2, 0.25) is 70.9 Å². The number of fused-ring (bicyclic) bond motifs is 1. The third kappa shape index (κ3) is 31.0. The van der Waals surface area contributed by atoms with E-state index in [2.05, 4.69) is 74.1 Å². The summed E-state index contributed by atoms with van der Waals surface area (Å²) in [6.45, 7) is 3.15. The van der Waals surface area contributed by atoms with Crippen LogP contribution >= 0.6 is 11.8 Å². The first-order chi connectivity index (χ1) is 58.2. The van der Waals surface area contributed by atoms with Crippen LogP contribution in [0.3, 0.4) is 0 Å². The summed E-state index contributed by atoms with van der Waals surface area (Å²) in [5.74, 6) is -13.6. The molecule has 1 saturated heterocycles. The Kier molecular flexibility index (Phi) is 40.8. The molecule has 3 aromatic carbocycles. The lowest BCUT2D eigenvalue weighted by molar-refractivity contribution is -0.139. The van der Waals surface area contributed by atoms with E-state index >= 15 is 4.79 Å². The first-order valence-electron chi connectivity index (χ1n) is 40.1. The number of rotatable bonds is 38. The van der Waals surface area contributed by atoms with Gasteiger partial charge in [0, 0.05) is 73.9 Å². The lowest BCUT2D eigenvalue weighted by Crippen LogP contribution is -2.62. The molecule has 14 amide bonds. The number of aliphatic hydroxyl groups excluding tert-OH is 2. The van der Waals surface area contributed by atoms with Gasteiger partial charge in [0.1, 0.15) is 66.5 Å². The minimum absolute atomic E-state index is 0.00144. The van der Waals surface area contributed by atoms with E-state index in [0.29, 0.717) is 37.7 Å². The second-order valence-electron chi connectivity index (χ2n) is 29.4. The van der Waals surface area contributed by atoms with E-state index in [-0.39, 0.29) is 115 Å². The summed E-state index contributed by atoms with van der Waals surface area (Å²) in [6, 6.07) is 7.58. The molecule has 1 unspecified atom stereocenters. The van der Waals surface area contributed by atoms with Gasteiger partial charge >= 0.3 is 12.0 Å². The second-order valence-corrected chi connectivity index (χ2v) is 30.5. The summed E-state index contributed by atoms with van der Waals surface area (Å²) in [7, 11) is 1.50. The van der Waals surface area contributed by atoms with Gasteiger partial charge in [-0.25, -0.2) is 4.79 Å². The fourth-order valence-electron chi connectivity index (χ4n) is 12.7. The number of nitrogens with two attached hydrogens (primary N) is 6. The molecule has 6 rings (SSSR count). The molecule has 41 nitrogen and oxygen atoms in total. The molecule has 122 heavy (non-hydrogen) atoms. The number of hydrogen-bond donors (Lipinski definition) is 22. The van der Waals surface area contributed by atoms with Crippen molar-refractivity contribution in [2.24, 2.45) is 40.3 Å². The molecule has 42 heteroatoms. The van der Waals surface area contributed by atoms with Crippen LogP contribution in [0.15, 0.2) is 107 Å². The minimum atomic E-state index is -1.92. The van der Waals surface area contributed by atoms with Crippen LogP contribution in [0, 0.1) is 5.92 Å². The van der Waals surface area contributed by atoms with Gasteiger partial charge in [0.05, 0.1) is 34.7 Å². The number of benzene rings is 3. The number of nitrogens with one attached hydrogen (secondary N) is 13. The van der Waals surface area contributed by atoms with E-state index < -0.39 is 194 Å². The molecule has 0 radical (unpaired) electrons. The SMILES string of the molecule is CNC(=O)c1ccccc1Sc1ccc2c(/C=C/c3ccccn3)nn(C(=O)N(CCNC(=O)CC[C@H](N)C(=O)O)CCC(=O)N[C@@H](CCN)C(=O)N[C@H](C(=O)NC(CCN)C(=O)N[C@H]3CCNC(=O)[C@@H]([C@H](C)O)NC(=O)[C@H](CCN)NC(=O)[C@H](CCN)NC(=O)[C@H](CC(C)C)NC(=O)[C@@H](Cc4ccccc4)NC(=O)[C@H](CCN)NC3=O)[C@@H](C)O)c2c1. The number of aliphatic hydroxyl groups is 2. The maximum Gasteiger partial charge on any atom is 0.345 e. The highest BCUT2D eigenvalue weighted by atomic mass is 32.2. The molecule has 0 spiro atoms. The maximum atomic E-state index is 15.2. The van der Waals surface area contributed by atoms with E-state index in [4.69, 9.17) is 39.5 Å². The minimum Gasteiger partial charge on any atom is -0.480 e. The quantitative estimate of drug-likeness (QED) is 0.0176. The number of carboxylic acid groups (broad SMARTS) is 1. The van der Waals surface area contributed by atoms with Crippen molar-refractivity contribution >= 4 is 124 Å². The van der Waals surface area contributed by atoms with Gasteiger partial charge in [-0.1, -0.05) is 74.1 Å². The summed E-state index contributed by atoms with van der Waals surface area (Å²) in [6.07, 6.45) is -1.63. The number of aromatic nitrogens is 3. The molecule has 664 valence electrons. The second kappa shape index (κ2) is 50.4. The first-order valence-corrected chi connectivity index (χ1v) is 40.9. The van der Waals surface area contributed by atoms with E-state index in [0.717, 1.165) is 11.6 Å². The average molecular weight is 1720 g/mol. The largest absolute Gasteiger partial charge is 0.480 e. The van der Waals surface area contributed by atoms with Crippen LogP contribution in [0.5, 0.6) is 0 Å². The number of aliphatic carboxylic acids is 1. The molecule has 28 N–H and O–H groups in total.